The van der Waals surface area contributed by atoms with Gasteiger partial charge >= 0.3 is 0 Å². The van der Waals surface area contributed by atoms with E-state index < -0.39 is 10.0 Å². The molecule has 2 N–H and O–H groups in total. The molecule has 2 aliphatic rings. The summed E-state index contributed by atoms with van der Waals surface area (Å²) < 4.78 is 32.9. The molecule has 0 bridgehead atoms. The van der Waals surface area contributed by atoms with Gasteiger partial charge in [-0.2, -0.15) is 9.29 Å². The highest BCUT2D eigenvalue weighted by molar-refractivity contribution is 7.89. The first-order valence-corrected chi connectivity index (χ1v) is 12.7. The molecule has 0 amide bonds. The molecule has 34 heavy (non-hydrogen) atoms. The summed E-state index contributed by atoms with van der Waals surface area (Å²) in [5, 5.41) is 7.30. The molecule has 11 heteroatoms. The summed E-state index contributed by atoms with van der Waals surface area (Å²) in [4.78, 5) is 31.5. The quantitative estimate of drug-likeness (QED) is 0.524. The fourth-order valence-electron chi connectivity index (χ4n) is 4.46. The maximum atomic E-state index is 13.0. The van der Waals surface area contributed by atoms with E-state index in [-0.39, 0.29) is 28.0 Å². The first-order valence-electron chi connectivity index (χ1n) is 11.2. The number of piperidine rings is 1. The second-order valence-electron chi connectivity index (χ2n) is 8.66. The Balaban J connectivity index is 1.29. The van der Waals surface area contributed by atoms with Crippen LogP contribution in [0.25, 0.3) is 11.4 Å². The molecule has 0 radical (unpaired) electrons. The van der Waals surface area contributed by atoms with Crippen LogP contribution < -0.4 is 10.9 Å². The van der Waals surface area contributed by atoms with E-state index in [1.165, 1.54) is 35.5 Å². The first kappa shape index (κ1) is 22.6. The van der Waals surface area contributed by atoms with Crippen molar-refractivity contribution < 1.29 is 17.7 Å². The lowest BCUT2D eigenvalue weighted by Crippen LogP contribution is -2.38. The molecule has 5 rings (SSSR count). The van der Waals surface area contributed by atoms with Gasteiger partial charge in [-0.1, -0.05) is 17.3 Å². The zero-order chi connectivity index (χ0) is 23.9. The number of rotatable bonds is 5. The maximum Gasteiger partial charge on any atom is 0.259 e. The molecule has 2 aromatic heterocycles. The summed E-state index contributed by atoms with van der Waals surface area (Å²) in [6, 6.07) is 7.80. The molecule has 2 aliphatic heterocycles. The van der Waals surface area contributed by atoms with Gasteiger partial charge in [0.05, 0.1) is 10.5 Å². The summed E-state index contributed by atoms with van der Waals surface area (Å²) in [5.74, 6) is 0.447. The predicted molar refractivity (Wildman–Crippen MR) is 123 cm³/mol. The molecule has 178 valence electrons. The van der Waals surface area contributed by atoms with Crippen molar-refractivity contribution in [3.05, 3.63) is 63.4 Å². The van der Waals surface area contributed by atoms with Gasteiger partial charge in [0.15, 0.2) is 5.78 Å². The van der Waals surface area contributed by atoms with E-state index in [0.29, 0.717) is 49.5 Å². The van der Waals surface area contributed by atoms with Gasteiger partial charge in [-0.25, -0.2) is 8.42 Å². The van der Waals surface area contributed by atoms with Gasteiger partial charge in [0, 0.05) is 49.8 Å². The molecular weight excluding hydrogens is 458 g/mol. The van der Waals surface area contributed by atoms with Crippen LogP contribution in [0.4, 0.5) is 0 Å². The average molecular weight is 484 g/mol. The van der Waals surface area contributed by atoms with Crippen LogP contribution >= 0.6 is 0 Å². The summed E-state index contributed by atoms with van der Waals surface area (Å²) in [7, 11) is -3.66. The normalized spacial score (nSPS) is 17.4. The Morgan fingerprint density at radius 3 is 2.62 bits per heavy atom. The number of benzene rings is 1. The molecular formula is C23H25N5O5S. The number of H-pyrrole nitrogens is 1. The molecule has 1 aromatic carbocycles. The first-order chi connectivity index (χ1) is 16.3. The molecule has 3 aromatic rings. The van der Waals surface area contributed by atoms with E-state index in [9.17, 15) is 18.0 Å². The molecule has 1 fully saturated rings. The Bertz CT molecular complexity index is 1390. The maximum absolute atomic E-state index is 13.0. The smallest absolute Gasteiger partial charge is 0.259 e. The van der Waals surface area contributed by atoms with Crippen molar-refractivity contribution >= 4 is 15.8 Å². The van der Waals surface area contributed by atoms with Crippen molar-refractivity contribution in [2.75, 3.05) is 19.6 Å². The number of sulfonamides is 1. The van der Waals surface area contributed by atoms with E-state index in [2.05, 4.69) is 20.4 Å². The van der Waals surface area contributed by atoms with Crippen molar-refractivity contribution in [3.8, 4) is 11.4 Å². The Hall–Kier alpha value is -3.15. The molecule has 4 heterocycles. The number of carbonyl (C=O) groups excluding carboxylic acids is 1. The van der Waals surface area contributed by atoms with Gasteiger partial charge in [0.25, 0.3) is 5.56 Å². The van der Waals surface area contributed by atoms with Gasteiger partial charge < -0.3 is 14.8 Å². The van der Waals surface area contributed by atoms with E-state index in [1.807, 2.05) is 6.07 Å². The van der Waals surface area contributed by atoms with Crippen LogP contribution in [0.15, 0.2) is 44.5 Å². The number of ketones is 1. The van der Waals surface area contributed by atoms with Crippen LogP contribution in [-0.4, -0.2) is 53.3 Å². The van der Waals surface area contributed by atoms with E-state index in [0.717, 1.165) is 24.2 Å². The van der Waals surface area contributed by atoms with E-state index >= 15 is 0 Å². The van der Waals surface area contributed by atoms with Crippen LogP contribution in [0.2, 0.25) is 0 Å². The Kier molecular flexibility index (Phi) is 5.92. The fourth-order valence-corrected chi connectivity index (χ4v) is 5.93. The average Bonchev–Trinajstić information content (AvgIpc) is 3.34. The zero-order valence-electron chi connectivity index (χ0n) is 18.7. The van der Waals surface area contributed by atoms with Gasteiger partial charge in [-0.15, -0.1) is 0 Å². The number of fused-ring (bicyclic) bond motifs is 1. The standard InChI is InChI=1S/C23H25N5O5S/c1-14(29)15-2-4-18(5-3-15)34(31,32)28-10-7-16(8-11-28)23-26-21(27-33-23)19-12-17-13-24-9-6-20(17)25-22(19)30/h2-5,12,16,24H,6-11,13H2,1H3,(H,25,30). The molecule has 0 atom stereocenters. The third-order valence-electron chi connectivity index (χ3n) is 6.47. The Morgan fingerprint density at radius 1 is 1.18 bits per heavy atom. The van der Waals surface area contributed by atoms with Gasteiger partial charge in [-0.3, -0.25) is 9.59 Å². The molecule has 0 saturated carbocycles. The van der Waals surface area contributed by atoms with Crippen LogP contribution in [0.3, 0.4) is 0 Å². The molecule has 1 saturated heterocycles. The van der Waals surface area contributed by atoms with E-state index in [4.69, 9.17) is 4.52 Å². The number of hydrogen-bond donors (Lipinski definition) is 2. The lowest BCUT2D eigenvalue weighted by molar-refractivity contribution is 0.101. The van der Waals surface area contributed by atoms with E-state index in [1.54, 1.807) is 0 Å². The second kappa shape index (κ2) is 8.90. The summed E-state index contributed by atoms with van der Waals surface area (Å²) >= 11 is 0. The van der Waals surface area contributed by atoms with Crippen LogP contribution in [0, 0.1) is 0 Å². The third-order valence-corrected chi connectivity index (χ3v) is 8.38. The number of aromatic amines is 1. The number of pyridine rings is 1. The van der Waals surface area contributed by atoms with Crippen molar-refractivity contribution in [2.45, 2.75) is 43.5 Å². The second-order valence-corrected chi connectivity index (χ2v) is 10.6. The highest BCUT2D eigenvalue weighted by atomic mass is 32.2. The zero-order valence-corrected chi connectivity index (χ0v) is 19.5. The molecule has 0 aliphatic carbocycles. The molecule has 0 unspecified atom stereocenters. The minimum absolute atomic E-state index is 0.0915. The lowest BCUT2D eigenvalue weighted by atomic mass is 9.98. The fraction of sp³-hybridized carbons (Fsp3) is 0.391. The largest absolute Gasteiger partial charge is 0.339 e. The monoisotopic (exact) mass is 483 g/mol. The Labute approximate surface area is 196 Å². The summed E-state index contributed by atoms with van der Waals surface area (Å²) in [5.41, 5.74) is 2.54. The SMILES string of the molecule is CC(=O)c1ccc(S(=O)(=O)N2CCC(c3nc(-c4cc5c([nH]c4=O)CCNC5)no3)CC2)cc1. The lowest BCUT2D eigenvalue weighted by Gasteiger charge is -2.29. The van der Waals surface area contributed by atoms with Crippen molar-refractivity contribution in [3.63, 3.8) is 0 Å². The number of nitrogens with one attached hydrogen (secondary N) is 2. The minimum atomic E-state index is -3.66. The highest BCUT2D eigenvalue weighted by Crippen LogP contribution is 2.31. The number of carbonyl (C=O) groups is 1. The summed E-state index contributed by atoms with van der Waals surface area (Å²) in [6.07, 6.45) is 1.82. The predicted octanol–water partition coefficient (Wildman–Crippen LogP) is 1.84. The van der Waals surface area contributed by atoms with Gasteiger partial charge in [-0.05, 0) is 43.5 Å². The summed E-state index contributed by atoms with van der Waals surface area (Å²) in [6.45, 7) is 3.56. The Morgan fingerprint density at radius 2 is 1.91 bits per heavy atom. The third kappa shape index (κ3) is 4.22. The van der Waals surface area contributed by atoms with Crippen LogP contribution in [-0.2, 0) is 23.0 Å². The highest BCUT2D eigenvalue weighted by Gasteiger charge is 2.32. The van der Waals surface area contributed by atoms with Crippen molar-refractivity contribution in [2.24, 2.45) is 0 Å². The number of Topliss-reactive ketones (excluding diaryl/α,β-unsaturated/α-hetero) is 1. The van der Waals surface area contributed by atoms with Gasteiger partial charge in [0.1, 0.15) is 0 Å². The molecule has 10 nitrogen and oxygen atoms in total. The van der Waals surface area contributed by atoms with Crippen LogP contribution in [0.5, 0.6) is 0 Å². The molecule has 0 spiro atoms. The topological polar surface area (TPSA) is 138 Å². The van der Waals surface area contributed by atoms with Crippen LogP contribution in [0.1, 0.15) is 53.2 Å². The van der Waals surface area contributed by atoms with Gasteiger partial charge in [0.2, 0.25) is 21.7 Å². The number of nitrogens with zero attached hydrogens (tertiary/aromatic N) is 3. The minimum Gasteiger partial charge on any atom is -0.339 e. The number of hydrogen-bond acceptors (Lipinski definition) is 8. The number of aromatic nitrogens is 3. The van der Waals surface area contributed by atoms with Crippen molar-refractivity contribution in [1.82, 2.24) is 24.7 Å². The van der Waals surface area contributed by atoms with Crippen molar-refractivity contribution in [1.29, 1.82) is 0 Å².